The van der Waals surface area contributed by atoms with Gasteiger partial charge in [0.25, 0.3) is 5.56 Å². The molecule has 41 heavy (non-hydrogen) atoms. The van der Waals surface area contributed by atoms with E-state index < -0.39 is 36.0 Å². The summed E-state index contributed by atoms with van der Waals surface area (Å²) in [5.74, 6) is -0.417. The highest BCUT2D eigenvalue weighted by molar-refractivity contribution is 6.32. The number of nitrogens with one attached hydrogen (secondary N) is 2. The average Bonchev–Trinajstić information content (AvgIpc) is 3.42. The second-order valence-electron chi connectivity index (χ2n) is 9.80. The first kappa shape index (κ1) is 28.5. The maximum absolute atomic E-state index is 14.0. The second kappa shape index (κ2) is 12.2. The van der Waals surface area contributed by atoms with Gasteiger partial charge in [-0.2, -0.15) is 0 Å². The van der Waals surface area contributed by atoms with E-state index in [-0.39, 0.29) is 11.8 Å². The second-order valence-corrected chi connectivity index (χ2v) is 10.2. The number of carbonyl (C=O) groups excluding carboxylic acids is 1. The Bertz CT molecular complexity index is 1620. The summed E-state index contributed by atoms with van der Waals surface area (Å²) >= 11 is 6.44. The number of aromatic nitrogens is 4. The van der Waals surface area contributed by atoms with Gasteiger partial charge >= 0.3 is 0 Å². The third kappa shape index (κ3) is 6.19. The summed E-state index contributed by atoms with van der Waals surface area (Å²) in [6.45, 7) is 2.43. The number of carbonyl (C=O) groups is 1. The van der Waals surface area contributed by atoms with Gasteiger partial charge in [0.15, 0.2) is 0 Å². The van der Waals surface area contributed by atoms with Crippen molar-refractivity contribution in [1.29, 1.82) is 0 Å². The molecule has 1 aliphatic heterocycles. The van der Waals surface area contributed by atoms with Gasteiger partial charge in [0.1, 0.15) is 23.1 Å². The molecule has 0 unspecified atom stereocenters. The Morgan fingerprint density at radius 2 is 2.05 bits per heavy atom. The van der Waals surface area contributed by atoms with Crippen molar-refractivity contribution in [2.75, 3.05) is 32.2 Å². The van der Waals surface area contributed by atoms with Crippen molar-refractivity contribution < 1.29 is 23.8 Å². The molecule has 13 heteroatoms. The zero-order valence-corrected chi connectivity index (χ0v) is 23.3. The molecule has 3 N–H and O–H groups in total. The van der Waals surface area contributed by atoms with Gasteiger partial charge < -0.3 is 34.2 Å². The summed E-state index contributed by atoms with van der Waals surface area (Å²) in [5.41, 5.74) is 1.30. The quantitative estimate of drug-likeness (QED) is 0.273. The predicted octanol–water partition coefficient (Wildman–Crippen LogP) is 3.36. The minimum atomic E-state index is -0.937. The van der Waals surface area contributed by atoms with Crippen LogP contribution in [0.4, 0.5) is 10.3 Å². The molecular formula is C28H30ClFN6O5. The van der Waals surface area contributed by atoms with Crippen molar-refractivity contribution in [3.05, 3.63) is 75.8 Å². The first-order valence-electron chi connectivity index (χ1n) is 13.1. The minimum Gasteiger partial charge on any atom is -0.497 e. The standard InChI is InChI=1S/C28H30ClFN6O5/c1-16(26(38)33-23(15-37)17-9-19(30)12-21(10-17)40-2)36-6-5-35-14-18(11-24(35)27(36)39)25-22(29)13-31-28(34-25)32-20-3-7-41-8-4-20/h5-6,9-14,16,20,23,37H,3-4,7-8,15H2,1-2H3,(H,33,38)(H,31,32,34)/t16-,23+/m0/s1. The van der Waals surface area contributed by atoms with Gasteiger partial charge in [0.2, 0.25) is 11.9 Å². The van der Waals surface area contributed by atoms with E-state index in [1.54, 1.807) is 29.8 Å². The van der Waals surface area contributed by atoms with Crippen LogP contribution >= 0.6 is 11.6 Å². The van der Waals surface area contributed by atoms with Crippen molar-refractivity contribution in [2.45, 2.75) is 37.9 Å². The monoisotopic (exact) mass is 584 g/mol. The van der Waals surface area contributed by atoms with Gasteiger partial charge in [-0.1, -0.05) is 11.6 Å². The summed E-state index contributed by atoms with van der Waals surface area (Å²) in [7, 11) is 1.39. The molecule has 0 saturated carbocycles. The van der Waals surface area contributed by atoms with Gasteiger partial charge in [-0.15, -0.1) is 0 Å². The molecule has 0 bridgehead atoms. The number of nitrogens with zero attached hydrogens (tertiary/aromatic N) is 4. The lowest BCUT2D eigenvalue weighted by Crippen LogP contribution is -2.39. The lowest BCUT2D eigenvalue weighted by atomic mass is 10.1. The van der Waals surface area contributed by atoms with E-state index in [0.29, 0.717) is 46.5 Å². The minimum absolute atomic E-state index is 0.194. The van der Waals surface area contributed by atoms with Crippen LogP contribution in [0.2, 0.25) is 5.02 Å². The van der Waals surface area contributed by atoms with Crippen LogP contribution in [0.3, 0.4) is 0 Å². The zero-order valence-electron chi connectivity index (χ0n) is 22.5. The van der Waals surface area contributed by atoms with Crippen LogP contribution < -0.4 is 20.9 Å². The molecule has 1 saturated heterocycles. The molecule has 0 spiro atoms. The Kier molecular flexibility index (Phi) is 8.52. The molecular weight excluding hydrogens is 555 g/mol. The number of amides is 1. The number of benzene rings is 1. The summed E-state index contributed by atoms with van der Waals surface area (Å²) < 4.78 is 27.4. The van der Waals surface area contributed by atoms with E-state index in [0.717, 1.165) is 12.8 Å². The topological polar surface area (TPSA) is 132 Å². The van der Waals surface area contributed by atoms with Gasteiger partial charge in [-0.25, -0.2) is 14.4 Å². The molecule has 0 radical (unpaired) electrons. The fourth-order valence-electron chi connectivity index (χ4n) is 4.77. The molecule has 1 aliphatic rings. The number of aliphatic hydroxyl groups is 1. The number of ether oxygens (including phenoxy) is 2. The molecule has 4 aromatic rings. The van der Waals surface area contributed by atoms with E-state index in [9.17, 15) is 19.1 Å². The van der Waals surface area contributed by atoms with Crippen molar-refractivity contribution in [3.63, 3.8) is 0 Å². The number of aliphatic hydroxyl groups excluding tert-OH is 1. The Balaban J connectivity index is 1.38. The molecule has 0 aliphatic carbocycles. The van der Waals surface area contributed by atoms with Crippen molar-refractivity contribution in [2.24, 2.45) is 0 Å². The molecule has 5 rings (SSSR count). The third-order valence-corrected chi connectivity index (χ3v) is 7.37. The lowest BCUT2D eigenvalue weighted by Gasteiger charge is -2.23. The molecule has 11 nitrogen and oxygen atoms in total. The maximum atomic E-state index is 14.0. The summed E-state index contributed by atoms with van der Waals surface area (Å²) in [5, 5.41) is 16.2. The molecule has 4 heterocycles. The van der Waals surface area contributed by atoms with Gasteiger partial charge in [-0.3, -0.25) is 9.59 Å². The number of fused-ring (bicyclic) bond motifs is 1. The fourth-order valence-corrected chi connectivity index (χ4v) is 4.97. The van der Waals surface area contributed by atoms with Crippen molar-refractivity contribution >= 4 is 29.0 Å². The lowest BCUT2D eigenvalue weighted by molar-refractivity contribution is -0.125. The fraction of sp³-hybridized carbons (Fsp3) is 0.357. The van der Waals surface area contributed by atoms with Gasteiger partial charge in [-0.05, 0) is 43.5 Å². The summed E-state index contributed by atoms with van der Waals surface area (Å²) in [4.78, 5) is 35.5. The van der Waals surface area contributed by atoms with Crippen LogP contribution in [0.1, 0.15) is 37.4 Å². The van der Waals surface area contributed by atoms with Gasteiger partial charge in [0, 0.05) is 49.5 Å². The number of anilines is 1. The van der Waals surface area contributed by atoms with Crippen LogP contribution in [-0.2, 0) is 9.53 Å². The number of rotatable bonds is 9. The Morgan fingerprint density at radius 1 is 1.27 bits per heavy atom. The molecule has 1 fully saturated rings. The molecule has 3 aromatic heterocycles. The Morgan fingerprint density at radius 3 is 2.78 bits per heavy atom. The molecule has 1 amide bonds. The third-order valence-electron chi connectivity index (χ3n) is 7.09. The molecule has 1 aromatic carbocycles. The highest BCUT2D eigenvalue weighted by Crippen LogP contribution is 2.28. The number of hydrogen-bond donors (Lipinski definition) is 3. The van der Waals surface area contributed by atoms with Crippen LogP contribution in [0.15, 0.2) is 53.8 Å². The van der Waals surface area contributed by atoms with Crippen LogP contribution in [-0.4, -0.2) is 62.9 Å². The van der Waals surface area contributed by atoms with E-state index in [1.165, 1.54) is 42.3 Å². The van der Waals surface area contributed by atoms with E-state index in [2.05, 4.69) is 20.6 Å². The highest BCUT2D eigenvalue weighted by Gasteiger charge is 2.23. The van der Waals surface area contributed by atoms with Crippen LogP contribution in [0, 0.1) is 5.82 Å². The maximum Gasteiger partial charge on any atom is 0.275 e. The number of halogens is 2. The number of hydrogen-bond acceptors (Lipinski definition) is 8. The molecule has 216 valence electrons. The summed E-state index contributed by atoms with van der Waals surface area (Å²) in [6, 6.07) is 3.94. The highest BCUT2D eigenvalue weighted by atomic mass is 35.5. The van der Waals surface area contributed by atoms with Crippen LogP contribution in [0.5, 0.6) is 5.75 Å². The molecule has 2 atom stereocenters. The first-order valence-corrected chi connectivity index (χ1v) is 13.5. The number of methoxy groups -OCH3 is 1. The Labute approximate surface area is 239 Å². The zero-order chi connectivity index (χ0) is 29.1. The normalized spacial score (nSPS) is 15.4. The SMILES string of the molecule is COc1cc(F)cc([C@@H](CO)NC(=O)[C@H](C)n2ccn3cc(-c4nc(NC5CCOCC5)ncc4Cl)cc3c2=O)c1. The van der Waals surface area contributed by atoms with Crippen molar-refractivity contribution in [3.8, 4) is 17.0 Å². The van der Waals surface area contributed by atoms with E-state index in [4.69, 9.17) is 21.1 Å². The Hall–Kier alpha value is -4.00. The predicted molar refractivity (Wildman–Crippen MR) is 151 cm³/mol. The average molecular weight is 585 g/mol. The van der Waals surface area contributed by atoms with Crippen LogP contribution in [0.25, 0.3) is 16.8 Å². The van der Waals surface area contributed by atoms with E-state index in [1.807, 2.05) is 0 Å². The largest absolute Gasteiger partial charge is 0.497 e. The van der Waals surface area contributed by atoms with Gasteiger partial charge in [0.05, 0.1) is 36.7 Å². The van der Waals surface area contributed by atoms with Crippen molar-refractivity contribution in [1.82, 2.24) is 24.3 Å². The first-order chi connectivity index (χ1) is 19.8. The van der Waals surface area contributed by atoms with E-state index >= 15 is 0 Å². The summed E-state index contributed by atoms with van der Waals surface area (Å²) in [6.07, 6.45) is 8.10. The smallest absolute Gasteiger partial charge is 0.275 e.